The fourth-order valence-electron chi connectivity index (χ4n) is 1.56. The van der Waals surface area contributed by atoms with Crippen molar-refractivity contribution in [1.82, 2.24) is 5.32 Å². The van der Waals surface area contributed by atoms with E-state index in [-0.39, 0.29) is 5.91 Å². The SMILES string of the molecule is COc1ccc(CNC(=O)C(C)(C)CN)cc1C. The Labute approximate surface area is 109 Å². The number of hydrogen-bond acceptors (Lipinski definition) is 3. The number of nitrogens with one attached hydrogen (secondary N) is 1. The zero-order chi connectivity index (χ0) is 13.8. The van der Waals surface area contributed by atoms with Gasteiger partial charge in [-0.25, -0.2) is 0 Å². The molecule has 1 aromatic carbocycles. The van der Waals surface area contributed by atoms with E-state index in [1.807, 2.05) is 39.0 Å². The van der Waals surface area contributed by atoms with Crippen molar-refractivity contribution >= 4 is 5.91 Å². The number of carbonyl (C=O) groups is 1. The first-order valence-corrected chi connectivity index (χ1v) is 6.02. The van der Waals surface area contributed by atoms with Gasteiger partial charge in [0.25, 0.3) is 0 Å². The number of rotatable bonds is 5. The van der Waals surface area contributed by atoms with Crippen molar-refractivity contribution in [3.63, 3.8) is 0 Å². The Balaban J connectivity index is 2.64. The summed E-state index contributed by atoms with van der Waals surface area (Å²) in [6.45, 7) is 6.49. The summed E-state index contributed by atoms with van der Waals surface area (Å²) in [4.78, 5) is 11.9. The van der Waals surface area contributed by atoms with Crippen LogP contribution < -0.4 is 15.8 Å². The Morgan fingerprint density at radius 1 is 1.44 bits per heavy atom. The van der Waals surface area contributed by atoms with Crippen LogP contribution in [0.1, 0.15) is 25.0 Å². The van der Waals surface area contributed by atoms with Gasteiger partial charge in [0.2, 0.25) is 5.91 Å². The van der Waals surface area contributed by atoms with Crippen LogP contribution in [-0.4, -0.2) is 19.6 Å². The number of nitrogens with two attached hydrogens (primary N) is 1. The van der Waals surface area contributed by atoms with E-state index in [0.29, 0.717) is 13.1 Å². The molecule has 4 nitrogen and oxygen atoms in total. The third-order valence-electron chi connectivity index (χ3n) is 3.04. The van der Waals surface area contributed by atoms with E-state index in [1.165, 1.54) is 0 Å². The van der Waals surface area contributed by atoms with Gasteiger partial charge in [-0.1, -0.05) is 12.1 Å². The van der Waals surface area contributed by atoms with E-state index >= 15 is 0 Å². The van der Waals surface area contributed by atoms with Gasteiger partial charge in [-0.2, -0.15) is 0 Å². The minimum absolute atomic E-state index is 0.0292. The number of amides is 1. The summed E-state index contributed by atoms with van der Waals surface area (Å²) < 4.78 is 5.19. The number of benzene rings is 1. The van der Waals surface area contributed by atoms with Crippen molar-refractivity contribution in [3.05, 3.63) is 29.3 Å². The number of hydrogen-bond donors (Lipinski definition) is 2. The van der Waals surface area contributed by atoms with Gasteiger partial charge in [0, 0.05) is 13.1 Å². The lowest BCUT2D eigenvalue weighted by molar-refractivity contribution is -0.129. The molecule has 0 aliphatic heterocycles. The van der Waals surface area contributed by atoms with Crippen molar-refractivity contribution in [1.29, 1.82) is 0 Å². The first kappa shape index (κ1) is 14.5. The first-order chi connectivity index (χ1) is 8.40. The van der Waals surface area contributed by atoms with E-state index in [0.717, 1.165) is 16.9 Å². The van der Waals surface area contributed by atoms with Crippen molar-refractivity contribution < 1.29 is 9.53 Å². The minimum atomic E-state index is -0.526. The highest BCUT2D eigenvalue weighted by Gasteiger charge is 2.25. The van der Waals surface area contributed by atoms with Gasteiger partial charge < -0.3 is 15.8 Å². The molecule has 4 heteroatoms. The third kappa shape index (κ3) is 3.47. The number of methoxy groups -OCH3 is 1. The maximum Gasteiger partial charge on any atom is 0.227 e. The quantitative estimate of drug-likeness (QED) is 0.834. The van der Waals surface area contributed by atoms with Gasteiger partial charge in [0.15, 0.2) is 0 Å². The molecule has 0 saturated carbocycles. The molecule has 100 valence electrons. The second kappa shape index (κ2) is 5.87. The van der Waals surface area contributed by atoms with Crippen molar-refractivity contribution in [3.8, 4) is 5.75 Å². The van der Waals surface area contributed by atoms with Crippen molar-refractivity contribution in [2.24, 2.45) is 11.1 Å². The van der Waals surface area contributed by atoms with E-state index in [4.69, 9.17) is 10.5 Å². The van der Waals surface area contributed by atoms with Crippen LogP contribution in [0.2, 0.25) is 0 Å². The van der Waals surface area contributed by atoms with Crippen LogP contribution in [0.25, 0.3) is 0 Å². The Bertz CT molecular complexity index is 428. The molecule has 0 aliphatic rings. The maximum absolute atomic E-state index is 11.9. The summed E-state index contributed by atoms with van der Waals surface area (Å²) in [6.07, 6.45) is 0. The Hall–Kier alpha value is -1.55. The monoisotopic (exact) mass is 250 g/mol. The predicted octanol–water partition coefficient (Wildman–Crippen LogP) is 1.60. The maximum atomic E-state index is 11.9. The minimum Gasteiger partial charge on any atom is -0.496 e. The zero-order valence-electron chi connectivity index (χ0n) is 11.5. The molecule has 1 rings (SSSR count). The Kier molecular flexibility index (Phi) is 4.73. The molecule has 18 heavy (non-hydrogen) atoms. The standard InChI is InChI=1S/C14H22N2O2/c1-10-7-11(5-6-12(10)18-4)8-16-13(17)14(2,3)9-15/h5-7H,8-9,15H2,1-4H3,(H,16,17). The molecule has 0 unspecified atom stereocenters. The summed E-state index contributed by atoms with van der Waals surface area (Å²) in [6, 6.07) is 5.86. The summed E-state index contributed by atoms with van der Waals surface area (Å²) in [5.41, 5.74) is 7.14. The average molecular weight is 250 g/mol. The lowest BCUT2D eigenvalue weighted by atomic mass is 9.92. The molecular weight excluding hydrogens is 228 g/mol. The number of carbonyl (C=O) groups excluding carboxylic acids is 1. The fraction of sp³-hybridized carbons (Fsp3) is 0.500. The van der Waals surface area contributed by atoms with Crippen LogP contribution in [0, 0.1) is 12.3 Å². The Morgan fingerprint density at radius 2 is 2.11 bits per heavy atom. The van der Waals surface area contributed by atoms with Gasteiger partial charge in [0.1, 0.15) is 5.75 Å². The lowest BCUT2D eigenvalue weighted by Crippen LogP contribution is -2.41. The van der Waals surface area contributed by atoms with Gasteiger partial charge in [0.05, 0.1) is 12.5 Å². The van der Waals surface area contributed by atoms with Crippen LogP contribution in [0.15, 0.2) is 18.2 Å². The van der Waals surface area contributed by atoms with Gasteiger partial charge in [-0.05, 0) is 38.0 Å². The van der Waals surface area contributed by atoms with Crippen LogP contribution >= 0.6 is 0 Å². The molecule has 0 aliphatic carbocycles. The highest BCUT2D eigenvalue weighted by atomic mass is 16.5. The van der Waals surface area contributed by atoms with Gasteiger partial charge in [-0.3, -0.25) is 4.79 Å². The average Bonchev–Trinajstić information content (AvgIpc) is 2.36. The normalized spacial score (nSPS) is 11.2. The van der Waals surface area contributed by atoms with Crippen molar-refractivity contribution in [2.45, 2.75) is 27.3 Å². The van der Waals surface area contributed by atoms with E-state index in [2.05, 4.69) is 5.32 Å². The summed E-state index contributed by atoms with van der Waals surface area (Å²) in [5.74, 6) is 0.825. The highest BCUT2D eigenvalue weighted by Crippen LogP contribution is 2.19. The van der Waals surface area contributed by atoms with Crippen LogP contribution in [-0.2, 0) is 11.3 Å². The van der Waals surface area contributed by atoms with E-state index in [1.54, 1.807) is 7.11 Å². The molecular formula is C14H22N2O2. The molecule has 1 amide bonds. The zero-order valence-corrected chi connectivity index (χ0v) is 11.5. The fourth-order valence-corrected chi connectivity index (χ4v) is 1.56. The molecule has 0 saturated heterocycles. The predicted molar refractivity (Wildman–Crippen MR) is 72.4 cm³/mol. The van der Waals surface area contributed by atoms with E-state index in [9.17, 15) is 4.79 Å². The lowest BCUT2D eigenvalue weighted by Gasteiger charge is -2.21. The second-order valence-corrected chi connectivity index (χ2v) is 5.07. The van der Waals surface area contributed by atoms with Crippen LogP contribution in [0.5, 0.6) is 5.75 Å². The first-order valence-electron chi connectivity index (χ1n) is 6.02. The summed E-state index contributed by atoms with van der Waals surface area (Å²) >= 11 is 0. The summed E-state index contributed by atoms with van der Waals surface area (Å²) in [7, 11) is 1.65. The topological polar surface area (TPSA) is 64.3 Å². The molecule has 1 aromatic rings. The summed E-state index contributed by atoms with van der Waals surface area (Å²) in [5, 5.41) is 2.90. The largest absolute Gasteiger partial charge is 0.496 e. The Morgan fingerprint density at radius 3 is 2.61 bits per heavy atom. The van der Waals surface area contributed by atoms with E-state index < -0.39 is 5.41 Å². The van der Waals surface area contributed by atoms with Gasteiger partial charge >= 0.3 is 0 Å². The smallest absolute Gasteiger partial charge is 0.227 e. The molecule has 0 fully saturated rings. The van der Waals surface area contributed by atoms with Crippen molar-refractivity contribution in [2.75, 3.05) is 13.7 Å². The van der Waals surface area contributed by atoms with Crippen LogP contribution in [0.3, 0.4) is 0 Å². The second-order valence-electron chi connectivity index (χ2n) is 5.07. The third-order valence-corrected chi connectivity index (χ3v) is 3.04. The molecule has 0 radical (unpaired) electrons. The molecule has 0 heterocycles. The molecule has 0 spiro atoms. The number of ether oxygens (including phenoxy) is 1. The number of aryl methyl sites for hydroxylation is 1. The molecule has 0 aromatic heterocycles. The molecule has 0 bridgehead atoms. The highest BCUT2D eigenvalue weighted by molar-refractivity contribution is 5.82. The van der Waals surface area contributed by atoms with Crippen LogP contribution in [0.4, 0.5) is 0 Å². The molecule has 0 atom stereocenters. The van der Waals surface area contributed by atoms with Gasteiger partial charge in [-0.15, -0.1) is 0 Å². The molecule has 3 N–H and O–H groups in total.